The highest BCUT2D eigenvalue weighted by molar-refractivity contribution is 5.54. The van der Waals surface area contributed by atoms with E-state index in [-0.39, 0.29) is 11.5 Å². The molecule has 1 aromatic rings. The number of aromatic hydroxyl groups is 2. The minimum Gasteiger partial charge on any atom is -0.508 e. The first-order valence-electron chi connectivity index (χ1n) is 3.92. The van der Waals surface area contributed by atoms with Crippen molar-refractivity contribution in [1.82, 2.24) is 0 Å². The zero-order chi connectivity index (χ0) is 8.97. The van der Waals surface area contributed by atoms with E-state index in [4.69, 9.17) is 10.2 Å². The molecule has 2 nitrogen and oxygen atoms in total. The van der Waals surface area contributed by atoms with Crippen LogP contribution in [0.25, 0.3) is 6.08 Å². The second-order valence-corrected chi connectivity index (χ2v) is 2.59. The molecule has 2 heteroatoms. The fourth-order valence-corrected chi connectivity index (χ4v) is 0.968. The smallest absolute Gasteiger partial charge is 0.119 e. The van der Waals surface area contributed by atoms with Crippen LogP contribution in [0, 0.1) is 0 Å². The van der Waals surface area contributed by atoms with Crippen molar-refractivity contribution in [2.75, 3.05) is 0 Å². The zero-order valence-corrected chi connectivity index (χ0v) is 6.99. The predicted molar refractivity (Wildman–Crippen MR) is 49.1 cm³/mol. The van der Waals surface area contributed by atoms with Gasteiger partial charge < -0.3 is 10.2 Å². The lowest BCUT2D eigenvalue weighted by Crippen LogP contribution is -1.72. The number of phenolic OH excluding ortho intramolecular Hbond substituents is 2. The maximum atomic E-state index is 9.10. The largest absolute Gasteiger partial charge is 0.508 e. The van der Waals surface area contributed by atoms with E-state index in [1.807, 2.05) is 19.1 Å². The van der Waals surface area contributed by atoms with Crippen LogP contribution in [0.3, 0.4) is 0 Å². The van der Waals surface area contributed by atoms with Crippen LogP contribution < -0.4 is 0 Å². The molecular weight excluding hydrogens is 152 g/mol. The van der Waals surface area contributed by atoms with E-state index < -0.39 is 0 Å². The first-order chi connectivity index (χ1) is 5.72. The summed E-state index contributed by atoms with van der Waals surface area (Å²) < 4.78 is 0. The van der Waals surface area contributed by atoms with Crippen molar-refractivity contribution in [3.8, 4) is 11.5 Å². The molecule has 0 atom stereocenters. The van der Waals surface area contributed by atoms with Gasteiger partial charge in [0.25, 0.3) is 0 Å². The molecule has 0 aromatic heterocycles. The summed E-state index contributed by atoms with van der Waals surface area (Å²) in [7, 11) is 0. The van der Waals surface area contributed by atoms with Crippen LogP contribution in [0.5, 0.6) is 11.5 Å². The predicted octanol–water partition coefficient (Wildman–Crippen LogP) is 2.52. The Balaban J connectivity index is 2.93. The minimum atomic E-state index is 0.0887. The molecular formula is C10H12O2. The Morgan fingerprint density at radius 2 is 1.75 bits per heavy atom. The third-order valence-corrected chi connectivity index (χ3v) is 1.47. The van der Waals surface area contributed by atoms with Gasteiger partial charge >= 0.3 is 0 Å². The zero-order valence-electron chi connectivity index (χ0n) is 6.99. The summed E-state index contributed by atoms with van der Waals surface area (Å²) in [6.45, 7) is 2.03. The van der Waals surface area contributed by atoms with Crippen LogP contribution in [0.2, 0.25) is 0 Å². The lowest BCUT2D eigenvalue weighted by atomic mass is 10.2. The van der Waals surface area contributed by atoms with Gasteiger partial charge in [-0.25, -0.2) is 0 Å². The molecule has 1 aromatic carbocycles. The maximum Gasteiger partial charge on any atom is 0.119 e. The van der Waals surface area contributed by atoms with E-state index in [0.29, 0.717) is 0 Å². The number of hydrogen-bond donors (Lipinski definition) is 2. The van der Waals surface area contributed by atoms with Crippen molar-refractivity contribution in [2.24, 2.45) is 0 Å². The Labute approximate surface area is 71.8 Å². The van der Waals surface area contributed by atoms with Gasteiger partial charge in [-0.1, -0.05) is 19.1 Å². The third kappa shape index (κ3) is 2.31. The van der Waals surface area contributed by atoms with Gasteiger partial charge in [-0.05, 0) is 24.1 Å². The Morgan fingerprint density at radius 1 is 1.17 bits per heavy atom. The van der Waals surface area contributed by atoms with Gasteiger partial charge in [0, 0.05) is 6.07 Å². The molecule has 0 fully saturated rings. The van der Waals surface area contributed by atoms with Crippen LogP contribution in [0.4, 0.5) is 0 Å². The molecule has 0 heterocycles. The molecule has 0 aliphatic carbocycles. The minimum absolute atomic E-state index is 0.0887. The summed E-state index contributed by atoms with van der Waals surface area (Å²) in [5.41, 5.74) is 0.814. The normalized spacial score (nSPS) is 10.8. The molecule has 0 radical (unpaired) electrons. The summed E-state index contributed by atoms with van der Waals surface area (Å²) in [4.78, 5) is 0. The van der Waals surface area contributed by atoms with E-state index in [1.165, 1.54) is 6.07 Å². The first kappa shape index (κ1) is 8.65. The summed E-state index contributed by atoms with van der Waals surface area (Å²) in [6.07, 6.45) is 4.77. The van der Waals surface area contributed by atoms with E-state index in [9.17, 15) is 0 Å². The number of allylic oxidation sites excluding steroid dienone is 1. The molecule has 12 heavy (non-hydrogen) atoms. The molecule has 2 N–H and O–H groups in total. The van der Waals surface area contributed by atoms with Gasteiger partial charge in [-0.3, -0.25) is 0 Å². The van der Waals surface area contributed by atoms with Crippen molar-refractivity contribution >= 4 is 6.08 Å². The first-order valence-corrected chi connectivity index (χ1v) is 3.92. The van der Waals surface area contributed by atoms with Crippen molar-refractivity contribution in [3.63, 3.8) is 0 Å². The molecule has 0 amide bonds. The standard InChI is InChI=1S/C10H12O2/c1-2-3-4-8-5-9(11)7-10(12)6-8/h3-7,11-12H,2H2,1H3/b4-3+. The van der Waals surface area contributed by atoms with Crippen molar-refractivity contribution in [2.45, 2.75) is 13.3 Å². The highest BCUT2D eigenvalue weighted by Gasteiger charge is 1.94. The van der Waals surface area contributed by atoms with E-state index >= 15 is 0 Å². The second-order valence-electron chi connectivity index (χ2n) is 2.59. The van der Waals surface area contributed by atoms with Gasteiger partial charge in [0.2, 0.25) is 0 Å². The fourth-order valence-electron chi connectivity index (χ4n) is 0.968. The van der Waals surface area contributed by atoms with Gasteiger partial charge in [-0.2, -0.15) is 0 Å². The molecule has 0 bridgehead atoms. The summed E-state index contributed by atoms with van der Waals surface area (Å²) in [5.74, 6) is 0.177. The lowest BCUT2D eigenvalue weighted by Gasteiger charge is -1.97. The molecule has 0 saturated heterocycles. The highest BCUT2D eigenvalue weighted by atomic mass is 16.3. The van der Waals surface area contributed by atoms with Gasteiger partial charge in [0.05, 0.1) is 0 Å². The number of phenols is 2. The average Bonchev–Trinajstić information content (AvgIpc) is 1.99. The van der Waals surface area contributed by atoms with Crippen LogP contribution >= 0.6 is 0 Å². The summed E-state index contributed by atoms with van der Waals surface area (Å²) in [5, 5.41) is 18.2. The Bertz CT molecular complexity index is 270. The summed E-state index contributed by atoms with van der Waals surface area (Å²) >= 11 is 0. The number of hydrogen-bond acceptors (Lipinski definition) is 2. The third-order valence-electron chi connectivity index (χ3n) is 1.47. The van der Waals surface area contributed by atoms with Gasteiger partial charge in [-0.15, -0.1) is 0 Å². The topological polar surface area (TPSA) is 40.5 Å². The van der Waals surface area contributed by atoms with Crippen molar-refractivity contribution in [1.29, 1.82) is 0 Å². The van der Waals surface area contributed by atoms with Crippen LogP contribution in [-0.2, 0) is 0 Å². The van der Waals surface area contributed by atoms with Crippen molar-refractivity contribution < 1.29 is 10.2 Å². The quantitative estimate of drug-likeness (QED) is 0.705. The Kier molecular flexibility index (Phi) is 2.75. The molecule has 0 saturated carbocycles. The summed E-state index contributed by atoms with van der Waals surface area (Å²) in [6, 6.07) is 4.51. The number of rotatable bonds is 2. The Morgan fingerprint density at radius 3 is 2.25 bits per heavy atom. The Hall–Kier alpha value is -1.44. The lowest BCUT2D eigenvalue weighted by molar-refractivity contribution is 0.450. The van der Waals surface area contributed by atoms with E-state index in [0.717, 1.165) is 12.0 Å². The van der Waals surface area contributed by atoms with Crippen LogP contribution in [0.1, 0.15) is 18.9 Å². The fraction of sp³-hybridized carbons (Fsp3) is 0.200. The van der Waals surface area contributed by atoms with Gasteiger partial charge in [0.1, 0.15) is 11.5 Å². The molecule has 0 aliphatic heterocycles. The maximum absolute atomic E-state index is 9.10. The molecule has 64 valence electrons. The second kappa shape index (κ2) is 3.81. The monoisotopic (exact) mass is 164 g/mol. The SMILES string of the molecule is CC/C=C/c1cc(O)cc(O)c1. The molecule has 0 aliphatic rings. The molecule has 0 spiro atoms. The van der Waals surface area contributed by atoms with Crippen molar-refractivity contribution in [3.05, 3.63) is 29.8 Å². The highest BCUT2D eigenvalue weighted by Crippen LogP contribution is 2.21. The van der Waals surface area contributed by atoms with Gasteiger partial charge in [0.15, 0.2) is 0 Å². The molecule has 0 unspecified atom stereocenters. The molecule has 1 rings (SSSR count). The van der Waals surface area contributed by atoms with Crippen LogP contribution in [-0.4, -0.2) is 10.2 Å². The van der Waals surface area contributed by atoms with E-state index in [1.54, 1.807) is 12.1 Å². The average molecular weight is 164 g/mol. The number of benzene rings is 1. The van der Waals surface area contributed by atoms with E-state index in [2.05, 4.69) is 0 Å². The van der Waals surface area contributed by atoms with Crippen LogP contribution in [0.15, 0.2) is 24.3 Å².